The van der Waals surface area contributed by atoms with Crippen LogP contribution in [0, 0.1) is 12.7 Å². The van der Waals surface area contributed by atoms with Gasteiger partial charge in [-0.05, 0) is 37.6 Å². The quantitative estimate of drug-likeness (QED) is 0.797. The molecule has 2 aromatic rings. The summed E-state index contributed by atoms with van der Waals surface area (Å²) in [5.74, 6) is -0.145. The Balaban J connectivity index is 2.29. The number of hydrogen-bond donors (Lipinski definition) is 3. The van der Waals surface area contributed by atoms with Crippen molar-refractivity contribution in [2.75, 3.05) is 11.9 Å². The number of anilines is 1. The highest BCUT2D eigenvalue weighted by Gasteiger charge is 2.11. The lowest BCUT2D eigenvalue weighted by molar-refractivity contribution is 0.208. The van der Waals surface area contributed by atoms with Crippen LogP contribution in [0.5, 0.6) is 5.75 Å². The first-order valence-electron chi connectivity index (χ1n) is 6.22. The van der Waals surface area contributed by atoms with Crippen LogP contribution in [0.25, 0.3) is 11.3 Å². The summed E-state index contributed by atoms with van der Waals surface area (Å²) in [5, 5.41) is 29.9. The number of aromatic hydroxyl groups is 1. The van der Waals surface area contributed by atoms with E-state index < -0.39 is 11.9 Å². The number of phenolic OH excluding ortho intramolecular Hbond substituents is 1. The molecule has 1 aromatic carbocycles. The Bertz CT molecular complexity index is 617. The normalized spacial score (nSPS) is 12.2. The maximum atomic E-state index is 13.0. The number of benzene rings is 1. The zero-order chi connectivity index (χ0) is 14.7. The van der Waals surface area contributed by atoms with E-state index in [0.717, 1.165) is 11.6 Å². The standard InChI is InChI=1S/C14H16FN3O2/c1-8-5-13(16-7-9(2)19)17-18-14(8)11-4-3-10(15)6-12(11)20/h3-6,9,19-20H,7H2,1-2H3,(H,16,17)/t9-/m1/s1. The van der Waals surface area contributed by atoms with Gasteiger partial charge in [0.1, 0.15) is 17.4 Å². The van der Waals surface area contributed by atoms with E-state index in [-0.39, 0.29) is 5.75 Å². The molecule has 20 heavy (non-hydrogen) atoms. The molecular weight excluding hydrogens is 261 g/mol. The number of rotatable bonds is 4. The molecule has 1 aromatic heterocycles. The van der Waals surface area contributed by atoms with Crippen LogP contribution in [-0.4, -0.2) is 33.1 Å². The van der Waals surface area contributed by atoms with Crippen molar-refractivity contribution in [3.8, 4) is 17.0 Å². The number of aliphatic hydroxyl groups excluding tert-OH is 1. The van der Waals surface area contributed by atoms with Crippen molar-refractivity contribution in [3.63, 3.8) is 0 Å². The molecule has 0 amide bonds. The summed E-state index contributed by atoms with van der Waals surface area (Å²) in [4.78, 5) is 0. The minimum absolute atomic E-state index is 0.174. The van der Waals surface area contributed by atoms with Gasteiger partial charge in [-0.1, -0.05) is 0 Å². The van der Waals surface area contributed by atoms with Crippen molar-refractivity contribution in [3.05, 3.63) is 35.6 Å². The van der Waals surface area contributed by atoms with Gasteiger partial charge >= 0.3 is 0 Å². The van der Waals surface area contributed by atoms with Gasteiger partial charge in [0, 0.05) is 18.2 Å². The van der Waals surface area contributed by atoms with Gasteiger partial charge in [-0.2, -0.15) is 0 Å². The Labute approximate surface area is 116 Å². The summed E-state index contributed by atoms with van der Waals surface area (Å²) in [5.41, 5.74) is 1.71. The molecule has 0 bridgehead atoms. The highest BCUT2D eigenvalue weighted by atomic mass is 19.1. The van der Waals surface area contributed by atoms with E-state index in [9.17, 15) is 14.6 Å². The first-order valence-corrected chi connectivity index (χ1v) is 6.22. The Hall–Kier alpha value is -2.21. The lowest BCUT2D eigenvalue weighted by atomic mass is 10.1. The molecule has 1 atom stereocenters. The molecule has 0 aliphatic carbocycles. The van der Waals surface area contributed by atoms with E-state index in [2.05, 4.69) is 15.5 Å². The van der Waals surface area contributed by atoms with Gasteiger partial charge in [0.05, 0.1) is 11.8 Å². The van der Waals surface area contributed by atoms with Crippen molar-refractivity contribution >= 4 is 5.82 Å². The van der Waals surface area contributed by atoms with Gasteiger partial charge in [0.2, 0.25) is 0 Å². The molecule has 1 heterocycles. The Morgan fingerprint density at radius 1 is 1.30 bits per heavy atom. The molecule has 0 saturated heterocycles. The van der Waals surface area contributed by atoms with Crippen molar-refractivity contribution in [2.45, 2.75) is 20.0 Å². The smallest absolute Gasteiger partial charge is 0.149 e. The van der Waals surface area contributed by atoms with E-state index >= 15 is 0 Å². The number of aromatic nitrogens is 2. The third kappa shape index (κ3) is 3.21. The van der Waals surface area contributed by atoms with Crippen molar-refractivity contribution in [1.29, 1.82) is 0 Å². The van der Waals surface area contributed by atoms with E-state index in [0.29, 0.717) is 23.6 Å². The summed E-state index contributed by atoms with van der Waals surface area (Å²) < 4.78 is 13.0. The Morgan fingerprint density at radius 2 is 2.05 bits per heavy atom. The zero-order valence-corrected chi connectivity index (χ0v) is 11.3. The molecule has 106 valence electrons. The number of halogens is 1. The van der Waals surface area contributed by atoms with E-state index in [1.165, 1.54) is 12.1 Å². The topological polar surface area (TPSA) is 78.3 Å². The van der Waals surface area contributed by atoms with Gasteiger partial charge in [0.25, 0.3) is 0 Å². The maximum Gasteiger partial charge on any atom is 0.149 e. The lowest BCUT2D eigenvalue weighted by Gasteiger charge is -2.10. The second-order valence-electron chi connectivity index (χ2n) is 4.65. The Kier molecular flexibility index (Phi) is 4.14. The van der Waals surface area contributed by atoms with Gasteiger partial charge in [-0.25, -0.2) is 4.39 Å². The molecular formula is C14H16FN3O2. The summed E-state index contributed by atoms with van der Waals surface area (Å²) in [6, 6.07) is 5.52. The first-order chi connectivity index (χ1) is 9.47. The molecule has 6 heteroatoms. The van der Waals surface area contributed by atoms with Crippen molar-refractivity contribution in [1.82, 2.24) is 10.2 Å². The SMILES string of the molecule is Cc1cc(NC[C@@H](C)O)nnc1-c1ccc(F)cc1O. The minimum Gasteiger partial charge on any atom is -0.507 e. The largest absolute Gasteiger partial charge is 0.507 e. The summed E-state index contributed by atoms with van der Waals surface area (Å²) in [6.45, 7) is 3.85. The second kappa shape index (κ2) is 5.83. The van der Waals surface area contributed by atoms with Gasteiger partial charge in [0.15, 0.2) is 0 Å². The molecule has 0 aliphatic heterocycles. The highest BCUT2D eigenvalue weighted by Crippen LogP contribution is 2.30. The molecule has 5 nitrogen and oxygen atoms in total. The second-order valence-corrected chi connectivity index (χ2v) is 4.65. The van der Waals surface area contributed by atoms with Crippen LogP contribution in [-0.2, 0) is 0 Å². The fourth-order valence-corrected chi connectivity index (χ4v) is 1.80. The summed E-state index contributed by atoms with van der Waals surface area (Å²) in [6.07, 6.45) is -0.488. The number of aryl methyl sites for hydroxylation is 1. The molecule has 0 spiro atoms. The molecule has 0 radical (unpaired) electrons. The first kappa shape index (κ1) is 14.2. The van der Waals surface area contributed by atoms with Crippen LogP contribution < -0.4 is 5.32 Å². The average molecular weight is 277 g/mol. The number of hydrogen-bond acceptors (Lipinski definition) is 5. The van der Waals surface area contributed by atoms with E-state index in [4.69, 9.17) is 0 Å². The number of nitrogens with zero attached hydrogens (tertiary/aromatic N) is 2. The number of aliphatic hydroxyl groups is 1. The molecule has 3 N–H and O–H groups in total. The molecule has 0 unspecified atom stereocenters. The van der Waals surface area contributed by atoms with Crippen molar-refractivity contribution in [2.24, 2.45) is 0 Å². The lowest BCUT2D eigenvalue weighted by Crippen LogP contribution is -2.16. The third-order valence-corrected chi connectivity index (χ3v) is 2.78. The molecule has 0 fully saturated rings. The fraction of sp³-hybridized carbons (Fsp3) is 0.286. The minimum atomic E-state index is -0.507. The molecule has 0 saturated carbocycles. The summed E-state index contributed by atoms with van der Waals surface area (Å²) >= 11 is 0. The Morgan fingerprint density at radius 3 is 2.65 bits per heavy atom. The van der Waals surface area contributed by atoms with Crippen LogP contribution in [0.4, 0.5) is 10.2 Å². The van der Waals surface area contributed by atoms with Gasteiger partial charge in [-0.3, -0.25) is 0 Å². The van der Waals surface area contributed by atoms with Crippen LogP contribution in [0.1, 0.15) is 12.5 Å². The van der Waals surface area contributed by atoms with Crippen LogP contribution >= 0.6 is 0 Å². The maximum absolute atomic E-state index is 13.0. The van der Waals surface area contributed by atoms with E-state index in [1.54, 1.807) is 13.0 Å². The van der Waals surface area contributed by atoms with Crippen molar-refractivity contribution < 1.29 is 14.6 Å². The number of nitrogens with one attached hydrogen (secondary N) is 1. The molecule has 2 rings (SSSR count). The monoisotopic (exact) mass is 277 g/mol. The predicted molar refractivity (Wildman–Crippen MR) is 74.0 cm³/mol. The number of phenols is 1. The third-order valence-electron chi connectivity index (χ3n) is 2.78. The van der Waals surface area contributed by atoms with Crippen LogP contribution in [0.15, 0.2) is 24.3 Å². The van der Waals surface area contributed by atoms with Crippen LogP contribution in [0.3, 0.4) is 0 Å². The van der Waals surface area contributed by atoms with Gasteiger partial charge < -0.3 is 15.5 Å². The fourth-order valence-electron chi connectivity index (χ4n) is 1.80. The molecule has 0 aliphatic rings. The predicted octanol–water partition coefficient (Wildman–Crippen LogP) is 2.09. The zero-order valence-electron chi connectivity index (χ0n) is 11.3. The average Bonchev–Trinajstić information content (AvgIpc) is 2.37. The van der Waals surface area contributed by atoms with Gasteiger partial charge in [-0.15, -0.1) is 10.2 Å². The van der Waals surface area contributed by atoms with Crippen LogP contribution in [0.2, 0.25) is 0 Å². The summed E-state index contributed by atoms with van der Waals surface area (Å²) in [7, 11) is 0. The highest BCUT2D eigenvalue weighted by molar-refractivity contribution is 5.69. The van der Waals surface area contributed by atoms with E-state index in [1.807, 2.05) is 6.92 Å².